The van der Waals surface area contributed by atoms with Crippen LogP contribution in [0, 0.1) is 0 Å². The smallest absolute Gasteiger partial charge is 0.148 e. The molecule has 1 heterocycles. The molecule has 6 heteroatoms. The molecule has 1 aromatic heterocycles. The van der Waals surface area contributed by atoms with Gasteiger partial charge in [-0.25, -0.2) is 15.8 Å². The molecule has 0 saturated carbocycles. The molecular weight excluding hydrogens is 218 g/mol. The summed E-state index contributed by atoms with van der Waals surface area (Å²) < 4.78 is 0. The van der Waals surface area contributed by atoms with Crippen molar-refractivity contribution in [2.24, 2.45) is 5.84 Å². The van der Waals surface area contributed by atoms with Crippen LogP contribution in [0.4, 0.5) is 11.6 Å². The fourth-order valence-corrected chi connectivity index (χ4v) is 1.80. The maximum atomic E-state index is 8.89. The molecule has 0 aliphatic heterocycles. The second kappa shape index (κ2) is 7.03. The number of nitrogen functional groups attached to an aromatic ring is 1. The van der Waals surface area contributed by atoms with Gasteiger partial charge in [-0.3, -0.25) is 0 Å². The number of nitrogens with one attached hydrogen (secondary N) is 1. The van der Waals surface area contributed by atoms with E-state index >= 15 is 0 Å². The van der Waals surface area contributed by atoms with Gasteiger partial charge in [0.2, 0.25) is 0 Å². The molecule has 0 aliphatic rings. The minimum absolute atomic E-state index is 0.186. The van der Waals surface area contributed by atoms with Crippen molar-refractivity contribution >= 4 is 11.6 Å². The van der Waals surface area contributed by atoms with Crippen molar-refractivity contribution in [2.45, 2.75) is 26.7 Å². The van der Waals surface area contributed by atoms with Crippen LogP contribution in [-0.2, 0) is 6.42 Å². The quantitative estimate of drug-likeness (QED) is 0.475. The molecule has 0 saturated heterocycles. The van der Waals surface area contributed by atoms with E-state index in [2.05, 4.69) is 27.2 Å². The third-order valence-corrected chi connectivity index (χ3v) is 2.68. The largest absolute Gasteiger partial charge is 0.396 e. The summed E-state index contributed by atoms with van der Waals surface area (Å²) >= 11 is 0. The molecule has 4 N–H and O–H groups in total. The fourth-order valence-electron chi connectivity index (χ4n) is 1.80. The van der Waals surface area contributed by atoms with Gasteiger partial charge >= 0.3 is 0 Å². The average Bonchev–Trinajstić information content (AvgIpc) is 2.39. The molecule has 0 radical (unpaired) electrons. The van der Waals surface area contributed by atoms with E-state index in [4.69, 9.17) is 10.9 Å². The molecule has 0 fully saturated rings. The normalized spacial score (nSPS) is 10.4. The third-order valence-electron chi connectivity index (χ3n) is 2.68. The lowest BCUT2D eigenvalue weighted by Gasteiger charge is -2.24. The van der Waals surface area contributed by atoms with Crippen molar-refractivity contribution < 1.29 is 5.11 Å². The molecule has 0 spiro atoms. The van der Waals surface area contributed by atoms with Gasteiger partial charge in [-0.15, -0.1) is 0 Å². The number of aliphatic hydroxyl groups excluding tert-OH is 1. The lowest BCUT2D eigenvalue weighted by atomic mass is 10.2. The van der Waals surface area contributed by atoms with Crippen LogP contribution in [0.25, 0.3) is 0 Å². The van der Waals surface area contributed by atoms with E-state index in [1.807, 2.05) is 6.92 Å². The van der Waals surface area contributed by atoms with Crippen LogP contribution in [0.5, 0.6) is 0 Å². The maximum absolute atomic E-state index is 8.89. The second-order valence-electron chi connectivity index (χ2n) is 3.68. The van der Waals surface area contributed by atoms with E-state index in [9.17, 15) is 0 Å². The molecule has 0 atom stereocenters. The number of nitrogens with two attached hydrogens (primary N) is 1. The molecule has 1 rings (SSSR count). The van der Waals surface area contributed by atoms with E-state index in [-0.39, 0.29) is 6.61 Å². The lowest BCUT2D eigenvalue weighted by Crippen LogP contribution is -2.27. The van der Waals surface area contributed by atoms with Crippen LogP contribution < -0.4 is 16.2 Å². The van der Waals surface area contributed by atoms with Gasteiger partial charge in [0.1, 0.15) is 18.0 Å². The highest BCUT2D eigenvalue weighted by atomic mass is 16.3. The standard InChI is InChI=1S/C11H21N5O/c1-3-9-10(15-12)13-8-14-11(9)16(4-2)6-5-7-17/h8,17H,3-7,12H2,1-2H3,(H,13,14,15). The Morgan fingerprint density at radius 3 is 2.71 bits per heavy atom. The van der Waals surface area contributed by atoms with Crippen molar-refractivity contribution in [1.29, 1.82) is 0 Å². The van der Waals surface area contributed by atoms with Crippen LogP contribution in [0.3, 0.4) is 0 Å². The topological polar surface area (TPSA) is 87.3 Å². The number of hydrogen-bond donors (Lipinski definition) is 3. The summed E-state index contributed by atoms with van der Waals surface area (Å²) in [5.74, 6) is 7.00. The Bertz CT molecular complexity index is 345. The van der Waals surface area contributed by atoms with Crippen LogP contribution in [0.1, 0.15) is 25.8 Å². The molecule has 96 valence electrons. The van der Waals surface area contributed by atoms with Crippen LogP contribution >= 0.6 is 0 Å². The van der Waals surface area contributed by atoms with Crippen LogP contribution in [-0.4, -0.2) is 34.8 Å². The molecule has 17 heavy (non-hydrogen) atoms. The van der Waals surface area contributed by atoms with Crippen molar-refractivity contribution in [1.82, 2.24) is 9.97 Å². The Labute approximate surface area is 102 Å². The van der Waals surface area contributed by atoms with E-state index in [0.29, 0.717) is 5.82 Å². The number of hydrazine groups is 1. The molecule has 0 amide bonds. The van der Waals surface area contributed by atoms with E-state index < -0.39 is 0 Å². The van der Waals surface area contributed by atoms with Gasteiger partial charge < -0.3 is 15.4 Å². The minimum atomic E-state index is 0.186. The molecule has 6 nitrogen and oxygen atoms in total. The monoisotopic (exact) mass is 239 g/mol. The predicted octanol–water partition coefficient (Wildman–Crippen LogP) is 0.533. The Kier molecular flexibility index (Phi) is 5.65. The number of nitrogens with zero attached hydrogens (tertiary/aromatic N) is 3. The molecule has 0 aliphatic carbocycles. The minimum Gasteiger partial charge on any atom is -0.396 e. The first-order valence-corrected chi connectivity index (χ1v) is 5.94. The van der Waals surface area contributed by atoms with Gasteiger partial charge in [0.25, 0.3) is 0 Å². The average molecular weight is 239 g/mol. The fraction of sp³-hybridized carbons (Fsp3) is 0.636. The lowest BCUT2D eigenvalue weighted by molar-refractivity contribution is 0.289. The van der Waals surface area contributed by atoms with Gasteiger partial charge in [0, 0.05) is 25.3 Å². The zero-order chi connectivity index (χ0) is 12.7. The summed E-state index contributed by atoms with van der Waals surface area (Å²) in [6, 6.07) is 0. The van der Waals surface area contributed by atoms with E-state index in [1.54, 1.807) is 0 Å². The van der Waals surface area contributed by atoms with Crippen LogP contribution in [0.2, 0.25) is 0 Å². The summed E-state index contributed by atoms with van der Waals surface area (Å²) in [4.78, 5) is 10.5. The van der Waals surface area contributed by atoms with Gasteiger partial charge in [-0.2, -0.15) is 0 Å². The number of rotatable bonds is 7. The summed E-state index contributed by atoms with van der Waals surface area (Å²) in [6.07, 6.45) is 3.04. The molecule has 0 bridgehead atoms. The van der Waals surface area contributed by atoms with Crippen molar-refractivity contribution in [3.05, 3.63) is 11.9 Å². The number of aromatic nitrogens is 2. The predicted molar refractivity (Wildman–Crippen MR) is 68.8 cm³/mol. The highest BCUT2D eigenvalue weighted by molar-refractivity contribution is 5.58. The SMILES string of the molecule is CCc1c(NN)ncnc1N(CC)CCCO. The van der Waals surface area contributed by atoms with Gasteiger partial charge in [-0.1, -0.05) is 6.92 Å². The Morgan fingerprint density at radius 1 is 1.41 bits per heavy atom. The van der Waals surface area contributed by atoms with Gasteiger partial charge in [0.15, 0.2) is 0 Å². The maximum Gasteiger partial charge on any atom is 0.148 e. The van der Waals surface area contributed by atoms with Gasteiger partial charge in [-0.05, 0) is 19.8 Å². The van der Waals surface area contributed by atoms with Gasteiger partial charge in [0.05, 0.1) is 0 Å². The molecule has 0 unspecified atom stereocenters. The number of aliphatic hydroxyl groups is 1. The summed E-state index contributed by atoms with van der Waals surface area (Å²) in [5, 5.41) is 8.89. The molecule has 1 aromatic rings. The summed E-state index contributed by atoms with van der Waals surface area (Å²) in [7, 11) is 0. The Morgan fingerprint density at radius 2 is 2.18 bits per heavy atom. The Balaban J connectivity index is 3.00. The molecular formula is C11H21N5O. The van der Waals surface area contributed by atoms with Crippen molar-refractivity contribution in [3.63, 3.8) is 0 Å². The highest BCUT2D eigenvalue weighted by Gasteiger charge is 2.14. The van der Waals surface area contributed by atoms with Crippen LogP contribution in [0.15, 0.2) is 6.33 Å². The number of hydrogen-bond acceptors (Lipinski definition) is 6. The van der Waals surface area contributed by atoms with Crippen molar-refractivity contribution in [2.75, 3.05) is 30.0 Å². The second-order valence-corrected chi connectivity index (χ2v) is 3.68. The Hall–Kier alpha value is -1.40. The van der Waals surface area contributed by atoms with E-state index in [1.165, 1.54) is 6.33 Å². The molecule has 0 aromatic carbocycles. The van der Waals surface area contributed by atoms with Crippen molar-refractivity contribution in [3.8, 4) is 0 Å². The number of anilines is 2. The zero-order valence-corrected chi connectivity index (χ0v) is 10.5. The summed E-state index contributed by atoms with van der Waals surface area (Å²) in [5.41, 5.74) is 3.60. The first-order valence-electron chi connectivity index (χ1n) is 5.94. The van der Waals surface area contributed by atoms with E-state index in [0.717, 1.165) is 37.3 Å². The third kappa shape index (κ3) is 3.28. The zero-order valence-electron chi connectivity index (χ0n) is 10.5. The first kappa shape index (κ1) is 13.7. The summed E-state index contributed by atoms with van der Waals surface area (Å²) in [6.45, 7) is 5.91. The highest BCUT2D eigenvalue weighted by Crippen LogP contribution is 2.23. The first-order chi connectivity index (χ1) is 8.28.